The number of likely N-dealkylation sites (tertiary alicyclic amines) is 1. The molecule has 1 aliphatic carbocycles. The topological polar surface area (TPSA) is 40.5 Å². The maximum atomic E-state index is 11.4. The van der Waals surface area contributed by atoms with Gasteiger partial charge in [-0.05, 0) is 62.6 Å². The summed E-state index contributed by atoms with van der Waals surface area (Å²) in [5, 5.41) is 9.40. The van der Waals surface area contributed by atoms with E-state index in [4.69, 9.17) is 0 Å². The van der Waals surface area contributed by atoms with Gasteiger partial charge in [0.15, 0.2) is 0 Å². The first-order chi connectivity index (χ1) is 9.74. The third kappa shape index (κ3) is 3.21. The third-order valence-electron chi connectivity index (χ3n) is 4.73. The number of hydrogen-bond donors (Lipinski definition) is 1. The fourth-order valence-corrected chi connectivity index (χ4v) is 3.45. The molecule has 2 fully saturated rings. The Morgan fingerprint density at radius 1 is 1.15 bits per heavy atom. The molecule has 0 amide bonds. The summed E-state index contributed by atoms with van der Waals surface area (Å²) in [5.74, 6) is 0.509. The van der Waals surface area contributed by atoms with E-state index in [-0.39, 0.29) is 6.04 Å². The average Bonchev–Trinajstić information content (AvgIpc) is 3.26. The highest BCUT2D eigenvalue weighted by Crippen LogP contribution is 2.37. The van der Waals surface area contributed by atoms with Crippen molar-refractivity contribution in [3.63, 3.8) is 0 Å². The summed E-state index contributed by atoms with van der Waals surface area (Å²) in [5.41, 5.74) is 1.41. The molecule has 0 bridgehead atoms. The van der Waals surface area contributed by atoms with Gasteiger partial charge >= 0.3 is 5.97 Å². The Hall–Kier alpha value is -1.35. The predicted molar refractivity (Wildman–Crippen MR) is 78.6 cm³/mol. The average molecular weight is 273 g/mol. The summed E-state index contributed by atoms with van der Waals surface area (Å²) < 4.78 is 0. The highest BCUT2D eigenvalue weighted by Gasteiger charge is 2.41. The van der Waals surface area contributed by atoms with E-state index < -0.39 is 5.97 Å². The molecule has 0 spiro atoms. The van der Waals surface area contributed by atoms with Crippen molar-refractivity contribution in [3.8, 4) is 0 Å². The molecule has 3 rings (SSSR count). The molecule has 3 nitrogen and oxygen atoms in total. The van der Waals surface area contributed by atoms with Gasteiger partial charge in [-0.15, -0.1) is 0 Å². The Morgan fingerprint density at radius 2 is 1.80 bits per heavy atom. The molecule has 108 valence electrons. The maximum absolute atomic E-state index is 11.4. The number of benzene rings is 1. The quantitative estimate of drug-likeness (QED) is 0.897. The van der Waals surface area contributed by atoms with Crippen LogP contribution in [-0.2, 0) is 11.2 Å². The number of hydrogen-bond acceptors (Lipinski definition) is 2. The van der Waals surface area contributed by atoms with Crippen LogP contribution in [0, 0.1) is 11.8 Å². The molecule has 0 aromatic heterocycles. The van der Waals surface area contributed by atoms with E-state index in [2.05, 4.69) is 35.2 Å². The van der Waals surface area contributed by atoms with Gasteiger partial charge in [0.2, 0.25) is 0 Å². The monoisotopic (exact) mass is 273 g/mol. The lowest BCUT2D eigenvalue weighted by Crippen LogP contribution is -2.47. The van der Waals surface area contributed by atoms with Crippen LogP contribution in [0.25, 0.3) is 0 Å². The molecule has 3 heteroatoms. The number of nitrogens with zero attached hydrogens (tertiary/aromatic N) is 1. The molecule has 2 aliphatic rings. The number of carboxylic acid groups (broad SMARTS) is 1. The Morgan fingerprint density at radius 3 is 2.35 bits per heavy atom. The third-order valence-corrected chi connectivity index (χ3v) is 4.73. The lowest BCUT2D eigenvalue weighted by atomic mass is 9.89. The van der Waals surface area contributed by atoms with Crippen LogP contribution in [-0.4, -0.2) is 35.1 Å². The second-order valence-electron chi connectivity index (χ2n) is 6.29. The molecule has 1 saturated heterocycles. The first-order valence-corrected chi connectivity index (χ1v) is 7.75. The summed E-state index contributed by atoms with van der Waals surface area (Å²) in [6.07, 6.45) is 5.59. The Kier molecular flexibility index (Phi) is 4.06. The zero-order chi connectivity index (χ0) is 13.9. The fourth-order valence-electron chi connectivity index (χ4n) is 3.45. The standard InChI is InChI=1S/C17H23NO2/c19-17(20)16(15-6-7-15)18-10-8-14(9-11-18)12-13-4-2-1-3-5-13/h1-5,14-16H,6-12H2,(H,19,20). The van der Waals surface area contributed by atoms with E-state index in [9.17, 15) is 9.90 Å². The van der Waals surface area contributed by atoms with Gasteiger partial charge < -0.3 is 5.11 Å². The highest BCUT2D eigenvalue weighted by molar-refractivity contribution is 5.74. The van der Waals surface area contributed by atoms with Crippen molar-refractivity contribution < 1.29 is 9.90 Å². The summed E-state index contributed by atoms with van der Waals surface area (Å²) in [4.78, 5) is 13.6. The number of piperidine rings is 1. The number of aliphatic carboxylic acids is 1. The van der Waals surface area contributed by atoms with Gasteiger partial charge in [-0.2, -0.15) is 0 Å². The molecule has 1 heterocycles. The van der Waals surface area contributed by atoms with E-state index in [1.807, 2.05) is 0 Å². The van der Waals surface area contributed by atoms with Crippen LogP contribution in [0.5, 0.6) is 0 Å². The molecular weight excluding hydrogens is 250 g/mol. The molecule has 1 saturated carbocycles. The van der Waals surface area contributed by atoms with Crippen LogP contribution in [0.4, 0.5) is 0 Å². The Bertz CT molecular complexity index is 447. The van der Waals surface area contributed by atoms with E-state index >= 15 is 0 Å². The largest absolute Gasteiger partial charge is 0.480 e. The number of carbonyl (C=O) groups is 1. The molecule has 1 aromatic rings. The van der Waals surface area contributed by atoms with Crippen molar-refractivity contribution in [1.82, 2.24) is 4.90 Å². The molecule has 1 atom stereocenters. The highest BCUT2D eigenvalue weighted by atomic mass is 16.4. The van der Waals surface area contributed by atoms with Crippen LogP contribution >= 0.6 is 0 Å². The number of rotatable bonds is 5. The smallest absolute Gasteiger partial charge is 0.321 e. The van der Waals surface area contributed by atoms with Gasteiger partial charge in [-0.3, -0.25) is 9.69 Å². The predicted octanol–water partition coefficient (Wildman–Crippen LogP) is 2.80. The zero-order valence-electron chi connectivity index (χ0n) is 11.9. The molecule has 1 aromatic carbocycles. The molecule has 1 aliphatic heterocycles. The minimum atomic E-state index is -0.617. The van der Waals surface area contributed by atoms with Gasteiger partial charge in [0, 0.05) is 0 Å². The fraction of sp³-hybridized carbons (Fsp3) is 0.588. The number of carboxylic acids is 1. The van der Waals surface area contributed by atoms with Crippen molar-refractivity contribution in [2.24, 2.45) is 11.8 Å². The lowest BCUT2D eigenvalue weighted by molar-refractivity contribution is -0.144. The second-order valence-corrected chi connectivity index (χ2v) is 6.29. The van der Waals surface area contributed by atoms with E-state index in [0.29, 0.717) is 11.8 Å². The minimum absolute atomic E-state index is 0.215. The molecule has 0 radical (unpaired) electrons. The van der Waals surface area contributed by atoms with Gasteiger partial charge in [-0.25, -0.2) is 0 Å². The van der Waals surface area contributed by atoms with Crippen LogP contribution in [0.2, 0.25) is 0 Å². The van der Waals surface area contributed by atoms with Crippen LogP contribution in [0.1, 0.15) is 31.2 Å². The van der Waals surface area contributed by atoms with Crippen molar-refractivity contribution in [1.29, 1.82) is 0 Å². The summed E-state index contributed by atoms with van der Waals surface area (Å²) in [7, 11) is 0. The van der Waals surface area contributed by atoms with Crippen LogP contribution < -0.4 is 0 Å². The summed E-state index contributed by atoms with van der Waals surface area (Å²) in [6.45, 7) is 1.90. The second kappa shape index (κ2) is 5.96. The molecule has 1 unspecified atom stereocenters. The lowest BCUT2D eigenvalue weighted by Gasteiger charge is -2.35. The van der Waals surface area contributed by atoms with Gasteiger partial charge in [0.05, 0.1) is 0 Å². The normalized spacial score (nSPS) is 22.6. The summed E-state index contributed by atoms with van der Waals surface area (Å²) in [6, 6.07) is 10.4. The minimum Gasteiger partial charge on any atom is -0.480 e. The summed E-state index contributed by atoms with van der Waals surface area (Å²) >= 11 is 0. The van der Waals surface area contributed by atoms with Gasteiger partial charge in [0.1, 0.15) is 6.04 Å². The van der Waals surface area contributed by atoms with Crippen LogP contribution in [0.3, 0.4) is 0 Å². The molecule has 1 N–H and O–H groups in total. The van der Waals surface area contributed by atoms with Crippen molar-refractivity contribution in [2.75, 3.05) is 13.1 Å². The maximum Gasteiger partial charge on any atom is 0.321 e. The molecule has 20 heavy (non-hydrogen) atoms. The van der Waals surface area contributed by atoms with E-state index in [1.54, 1.807) is 0 Å². The van der Waals surface area contributed by atoms with E-state index in [1.165, 1.54) is 5.56 Å². The SMILES string of the molecule is O=C(O)C(C1CC1)N1CCC(Cc2ccccc2)CC1. The Balaban J connectivity index is 1.52. The zero-order valence-corrected chi connectivity index (χ0v) is 11.9. The first kappa shape index (κ1) is 13.6. The van der Waals surface area contributed by atoms with Crippen LogP contribution in [0.15, 0.2) is 30.3 Å². The van der Waals surface area contributed by atoms with Crippen molar-refractivity contribution in [2.45, 2.75) is 38.1 Å². The Labute approximate surface area is 120 Å². The molecular formula is C17H23NO2. The first-order valence-electron chi connectivity index (χ1n) is 7.75. The van der Waals surface area contributed by atoms with Gasteiger partial charge in [-0.1, -0.05) is 30.3 Å². The van der Waals surface area contributed by atoms with Gasteiger partial charge in [0.25, 0.3) is 0 Å². The van der Waals surface area contributed by atoms with E-state index in [0.717, 1.165) is 45.2 Å². The van der Waals surface area contributed by atoms with Crippen molar-refractivity contribution in [3.05, 3.63) is 35.9 Å². The van der Waals surface area contributed by atoms with Crippen molar-refractivity contribution >= 4 is 5.97 Å².